The van der Waals surface area contributed by atoms with Crippen molar-refractivity contribution in [3.8, 4) is 0 Å². The first-order valence-corrected chi connectivity index (χ1v) is 7.81. The highest BCUT2D eigenvalue weighted by Gasteiger charge is 2.19. The molecule has 0 fully saturated rings. The van der Waals surface area contributed by atoms with Crippen molar-refractivity contribution >= 4 is 31.6 Å². The summed E-state index contributed by atoms with van der Waals surface area (Å²) in [6.45, 7) is 1.56. The quantitative estimate of drug-likeness (QED) is 0.902. The zero-order valence-electron chi connectivity index (χ0n) is 10.3. The average molecular weight is 362 g/mol. The first-order valence-electron chi connectivity index (χ1n) is 5.53. The van der Waals surface area contributed by atoms with E-state index in [-0.39, 0.29) is 5.69 Å². The summed E-state index contributed by atoms with van der Waals surface area (Å²) in [6.07, 6.45) is 0. The first kappa shape index (κ1) is 14.9. The predicted molar refractivity (Wildman–Crippen MR) is 76.0 cm³/mol. The van der Waals surface area contributed by atoms with Gasteiger partial charge in [0.15, 0.2) is 0 Å². The van der Waals surface area contributed by atoms with Crippen LogP contribution in [0.1, 0.15) is 5.56 Å². The van der Waals surface area contributed by atoms with Crippen molar-refractivity contribution in [3.63, 3.8) is 0 Å². The Morgan fingerprint density at radius 1 is 1.05 bits per heavy atom. The van der Waals surface area contributed by atoms with Crippen molar-refractivity contribution in [1.82, 2.24) is 0 Å². The van der Waals surface area contributed by atoms with Crippen molar-refractivity contribution in [2.24, 2.45) is 0 Å². The zero-order chi connectivity index (χ0) is 14.9. The van der Waals surface area contributed by atoms with Gasteiger partial charge in [-0.3, -0.25) is 4.72 Å². The average Bonchev–Trinajstić information content (AvgIpc) is 2.33. The molecule has 0 amide bonds. The van der Waals surface area contributed by atoms with Crippen LogP contribution in [0.25, 0.3) is 0 Å². The molecule has 2 aromatic rings. The minimum absolute atomic E-state index is 0.0374. The fourth-order valence-electron chi connectivity index (χ4n) is 1.56. The molecule has 0 aliphatic rings. The van der Waals surface area contributed by atoms with Crippen LogP contribution < -0.4 is 4.72 Å². The first-order chi connectivity index (χ1) is 9.29. The molecule has 2 rings (SSSR count). The van der Waals surface area contributed by atoms with Crippen molar-refractivity contribution < 1.29 is 17.2 Å². The normalized spacial score (nSPS) is 11.4. The highest BCUT2D eigenvalue weighted by Crippen LogP contribution is 2.23. The lowest BCUT2D eigenvalue weighted by Crippen LogP contribution is -2.14. The van der Waals surface area contributed by atoms with Gasteiger partial charge in [-0.1, -0.05) is 22.0 Å². The molecule has 20 heavy (non-hydrogen) atoms. The van der Waals surface area contributed by atoms with Crippen LogP contribution in [0.5, 0.6) is 0 Å². The fourth-order valence-corrected chi connectivity index (χ4v) is 3.00. The molecule has 2 aromatic carbocycles. The summed E-state index contributed by atoms with van der Waals surface area (Å²) >= 11 is 3.04. The van der Waals surface area contributed by atoms with Crippen molar-refractivity contribution in [3.05, 3.63) is 58.1 Å². The van der Waals surface area contributed by atoms with Crippen LogP contribution in [-0.2, 0) is 10.0 Å². The summed E-state index contributed by atoms with van der Waals surface area (Å²) in [4.78, 5) is -0.498. The van der Waals surface area contributed by atoms with Crippen molar-refractivity contribution in [2.45, 2.75) is 11.8 Å². The molecule has 0 radical (unpaired) electrons. The minimum Gasteiger partial charge on any atom is -0.279 e. The molecule has 0 aliphatic heterocycles. The molecule has 1 N–H and O–H groups in total. The molecule has 0 aliphatic carbocycles. The number of benzene rings is 2. The van der Waals surface area contributed by atoms with E-state index in [4.69, 9.17) is 0 Å². The van der Waals surface area contributed by atoms with Gasteiger partial charge in [0.25, 0.3) is 10.0 Å². The molecule has 0 atom stereocenters. The third-order valence-corrected chi connectivity index (χ3v) is 4.52. The van der Waals surface area contributed by atoms with E-state index >= 15 is 0 Å². The number of nitrogens with one attached hydrogen (secondary N) is 1. The number of hydrogen-bond donors (Lipinski definition) is 1. The highest BCUT2D eigenvalue weighted by atomic mass is 79.9. The zero-order valence-corrected chi connectivity index (χ0v) is 12.7. The van der Waals surface area contributed by atoms with Crippen LogP contribution in [0.2, 0.25) is 0 Å². The SMILES string of the molecule is Cc1ccc(NS(=O)(=O)c2ccc(Br)cc2F)cc1F. The number of halogens is 3. The van der Waals surface area contributed by atoms with E-state index in [0.29, 0.717) is 10.0 Å². The van der Waals surface area contributed by atoms with E-state index < -0.39 is 26.6 Å². The van der Waals surface area contributed by atoms with Crippen LogP contribution >= 0.6 is 15.9 Å². The molecule has 106 valence electrons. The second kappa shape index (κ2) is 5.49. The molecule has 0 aromatic heterocycles. The standard InChI is InChI=1S/C13H10BrF2NO2S/c1-8-2-4-10(7-11(8)15)17-20(18,19)13-5-3-9(14)6-12(13)16/h2-7,17H,1H3. The summed E-state index contributed by atoms with van der Waals surface area (Å²) in [5.74, 6) is -1.43. The van der Waals surface area contributed by atoms with E-state index in [1.54, 1.807) is 6.92 Å². The van der Waals surface area contributed by atoms with Crippen molar-refractivity contribution in [1.29, 1.82) is 0 Å². The molecular weight excluding hydrogens is 352 g/mol. The Morgan fingerprint density at radius 2 is 1.75 bits per heavy atom. The molecule has 0 bridgehead atoms. The van der Waals surface area contributed by atoms with Crippen molar-refractivity contribution in [2.75, 3.05) is 4.72 Å². The minimum atomic E-state index is -4.10. The largest absolute Gasteiger partial charge is 0.279 e. The van der Waals surface area contributed by atoms with E-state index in [9.17, 15) is 17.2 Å². The summed E-state index contributed by atoms with van der Waals surface area (Å²) in [5, 5.41) is 0. The topological polar surface area (TPSA) is 46.2 Å². The lowest BCUT2D eigenvalue weighted by atomic mass is 10.2. The molecule has 0 saturated carbocycles. The Morgan fingerprint density at radius 3 is 2.35 bits per heavy atom. The van der Waals surface area contributed by atoms with Crippen LogP contribution in [0.15, 0.2) is 45.8 Å². The lowest BCUT2D eigenvalue weighted by molar-refractivity contribution is 0.570. The molecule has 0 unspecified atom stereocenters. The Hall–Kier alpha value is -1.47. The maximum Gasteiger partial charge on any atom is 0.264 e. The Labute approximate surface area is 123 Å². The number of rotatable bonds is 3. The van der Waals surface area contributed by atoms with E-state index in [2.05, 4.69) is 20.7 Å². The summed E-state index contributed by atoms with van der Waals surface area (Å²) in [5.41, 5.74) is 0.429. The number of aryl methyl sites for hydroxylation is 1. The fraction of sp³-hybridized carbons (Fsp3) is 0.0769. The number of anilines is 1. The van der Waals surface area contributed by atoms with Crippen LogP contribution in [0.3, 0.4) is 0 Å². The maximum atomic E-state index is 13.7. The Balaban J connectivity index is 2.38. The molecule has 7 heteroatoms. The maximum absolute atomic E-state index is 13.7. The van der Waals surface area contributed by atoms with Gasteiger partial charge in [-0.05, 0) is 42.8 Å². The molecule has 0 spiro atoms. The summed E-state index contributed by atoms with van der Waals surface area (Å²) in [6, 6.07) is 7.48. The second-order valence-corrected chi connectivity index (χ2v) is 6.71. The van der Waals surface area contributed by atoms with E-state index in [1.165, 1.54) is 18.2 Å². The Kier molecular flexibility index (Phi) is 4.10. The van der Waals surface area contributed by atoms with Crippen LogP contribution in [-0.4, -0.2) is 8.42 Å². The smallest absolute Gasteiger partial charge is 0.264 e. The van der Waals surface area contributed by atoms with Gasteiger partial charge in [-0.2, -0.15) is 0 Å². The lowest BCUT2D eigenvalue weighted by Gasteiger charge is -2.09. The molecular formula is C13H10BrF2NO2S. The van der Waals surface area contributed by atoms with Crippen LogP contribution in [0.4, 0.5) is 14.5 Å². The van der Waals surface area contributed by atoms with Gasteiger partial charge in [0.1, 0.15) is 16.5 Å². The van der Waals surface area contributed by atoms with Gasteiger partial charge >= 0.3 is 0 Å². The molecule has 3 nitrogen and oxygen atoms in total. The second-order valence-electron chi connectivity index (χ2n) is 4.14. The van der Waals surface area contributed by atoms with Gasteiger partial charge in [-0.25, -0.2) is 17.2 Å². The predicted octanol–water partition coefficient (Wildman–Crippen LogP) is 3.84. The van der Waals surface area contributed by atoms with Crippen LogP contribution in [0, 0.1) is 18.6 Å². The highest BCUT2D eigenvalue weighted by molar-refractivity contribution is 9.10. The molecule has 0 saturated heterocycles. The number of hydrogen-bond acceptors (Lipinski definition) is 2. The Bertz CT molecular complexity index is 763. The van der Waals surface area contributed by atoms with Gasteiger partial charge in [-0.15, -0.1) is 0 Å². The van der Waals surface area contributed by atoms with Gasteiger partial charge in [0.2, 0.25) is 0 Å². The third-order valence-electron chi connectivity index (χ3n) is 2.61. The monoisotopic (exact) mass is 361 g/mol. The van der Waals surface area contributed by atoms with Gasteiger partial charge < -0.3 is 0 Å². The third kappa shape index (κ3) is 3.16. The number of sulfonamides is 1. The van der Waals surface area contributed by atoms with E-state index in [1.807, 2.05) is 0 Å². The van der Waals surface area contributed by atoms with Gasteiger partial charge in [0.05, 0.1) is 5.69 Å². The summed E-state index contributed by atoms with van der Waals surface area (Å²) < 4.78 is 53.7. The van der Waals surface area contributed by atoms with Gasteiger partial charge in [0, 0.05) is 4.47 Å². The molecule has 0 heterocycles. The van der Waals surface area contributed by atoms with E-state index in [0.717, 1.165) is 18.2 Å². The summed E-state index contributed by atoms with van der Waals surface area (Å²) in [7, 11) is -4.10.